The summed E-state index contributed by atoms with van der Waals surface area (Å²) in [5, 5.41) is 11.6. The van der Waals surface area contributed by atoms with Crippen molar-refractivity contribution in [2.45, 2.75) is 83.7 Å². The molecule has 1 heterocycles. The molecule has 42 heavy (non-hydrogen) atoms. The van der Waals surface area contributed by atoms with Crippen molar-refractivity contribution in [3.05, 3.63) is 77.4 Å². The molecule has 3 aromatic rings. The van der Waals surface area contributed by atoms with Crippen LogP contribution in [0, 0.1) is 0 Å². The number of carbonyl (C=O) groups excluding carboxylic acids is 1. The summed E-state index contributed by atoms with van der Waals surface area (Å²) in [6.45, 7) is 14.8. The number of hydrogen-bond donors (Lipinski definition) is 1. The number of aliphatic hydroxyl groups excluding tert-OH is 1. The molecule has 8 heteroatoms. The highest BCUT2D eigenvalue weighted by Crippen LogP contribution is 2.35. The quantitative estimate of drug-likeness (QED) is 0.142. The van der Waals surface area contributed by atoms with E-state index in [1.54, 1.807) is 4.90 Å². The van der Waals surface area contributed by atoms with Crippen LogP contribution in [0.2, 0.25) is 25.7 Å². The van der Waals surface area contributed by atoms with Crippen molar-refractivity contribution in [1.82, 2.24) is 4.90 Å². The van der Waals surface area contributed by atoms with Crippen molar-refractivity contribution in [2.24, 2.45) is 0 Å². The van der Waals surface area contributed by atoms with Gasteiger partial charge in [-0.2, -0.15) is 0 Å². The Bertz CT molecular complexity index is 1310. The molecule has 0 aromatic heterocycles. The minimum atomic E-state index is -1.19. The summed E-state index contributed by atoms with van der Waals surface area (Å²) in [5.41, 5.74) is 2.37. The van der Waals surface area contributed by atoms with E-state index in [9.17, 15) is 9.90 Å². The van der Waals surface area contributed by atoms with Crippen LogP contribution in [0.4, 0.5) is 4.79 Å². The number of amides is 1. The molecule has 0 aliphatic carbocycles. The molecule has 3 aromatic carbocycles. The Kier molecular flexibility index (Phi) is 10.7. The second-order valence-electron chi connectivity index (χ2n) is 13.3. The number of rotatable bonds is 11. The van der Waals surface area contributed by atoms with E-state index in [0.717, 1.165) is 45.7 Å². The molecular weight excluding hydrogens is 546 g/mol. The van der Waals surface area contributed by atoms with Gasteiger partial charge in [0.25, 0.3) is 0 Å². The van der Waals surface area contributed by atoms with Gasteiger partial charge in [0.15, 0.2) is 6.79 Å². The van der Waals surface area contributed by atoms with Crippen LogP contribution in [-0.2, 0) is 27.4 Å². The largest absolute Gasteiger partial charge is 0.467 e. The third kappa shape index (κ3) is 9.04. The van der Waals surface area contributed by atoms with E-state index in [2.05, 4.69) is 56.0 Å². The third-order valence-electron chi connectivity index (χ3n) is 7.50. The average Bonchev–Trinajstić information content (AvgIpc) is 2.94. The summed E-state index contributed by atoms with van der Waals surface area (Å²) >= 11 is 0. The fourth-order valence-corrected chi connectivity index (χ4v) is 5.89. The molecule has 4 rings (SSSR count). The fraction of sp³-hybridized carbons (Fsp3) is 0.500. The van der Waals surface area contributed by atoms with Crippen LogP contribution >= 0.6 is 0 Å². The normalized spacial score (nSPS) is 17.8. The molecule has 1 N–H and O–H groups in total. The van der Waals surface area contributed by atoms with Crippen molar-refractivity contribution in [3.63, 3.8) is 0 Å². The van der Waals surface area contributed by atoms with Gasteiger partial charge < -0.3 is 29.0 Å². The van der Waals surface area contributed by atoms with E-state index in [1.807, 2.05) is 45.0 Å². The summed E-state index contributed by atoms with van der Waals surface area (Å²) in [6, 6.07) is 21.4. The van der Waals surface area contributed by atoms with Crippen LogP contribution in [0.5, 0.6) is 5.75 Å². The Morgan fingerprint density at radius 3 is 2.45 bits per heavy atom. The lowest BCUT2D eigenvalue weighted by atomic mass is 9.86. The maximum absolute atomic E-state index is 13.0. The lowest BCUT2D eigenvalue weighted by Gasteiger charge is -2.39. The smallest absolute Gasteiger partial charge is 0.410 e. The Morgan fingerprint density at radius 1 is 1.02 bits per heavy atom. The van der Waals surface area contributed by atoms with E-state index in [0.29, 0.717) is 26.3 Å². The second kappa shape index (κ2) is 14.0. The number of likely N-dealkylation sites (tertiary alicyclic amines) is 1. The molecule has 2 atom stereocenters. The molecule has 1 aliphatic rings. The first-order chi connectivity index (χ1) is 19.9. The van der Waals surface area contributed by atoms with Crippen LogP contribution in [0.1, 0.15) is 49.8 Å². The Hall–Kier alpha value is -2.91. The lowest BCUT2D eigenvalue weighted by Crippen LogP contribution is -2.48. The summed E-state index contributed by atoms with van der Waals surface area (Å²) in [6.07, 6.45) is 0.169. The van der Waals surface area contributed by atoms with Crippen molar-refractivity contribution in [2.75, 3.05) is 26.5 Å². The molecule has 0 bridgehead atoms. The number of benzene rings is 3. The van der Waals surface area contributed by atoms with E-state index in [1.165, 1.54) is 0 Å². The molecule has 1 saturated heterocycles. The zero-order valence-electron chi connectivity index (χ0n) is 26.0. The molecule has 1 aliphatic heterocycles. The van der Waals surface area contributed by atoms with E-state index in [-0.39, 0.29) is 31.5 Å². The topological polar surface area (TPSA) is 77.5 Å². The van der Waals surface area contributed by atoms with Crippen molar-refractivity contribution in [1.29, 1.82) is 0 Å². The Balaban J connectivity index is 1.54. The maximum Gasteiger partial charge on any atom is 0.410 e. The van der Waals surface area contributed by atoms with Gasteiger partial charge in [-0.1, -0.05) is 80.3 Å². The molecule has 0 radical (unpaired) electrons. The highest BCUT2D eigenvalue weighted by atomic mass is 28.3. The number of ether oxygens (including phenoxy) is 4. The SMILES string of the molecule is CC(C)(C)OC(=O)N1CCC(c2ccc(CO)cc2)C(OCc2ccc3ccccc3c2OCOCC[Si](C)(C)C)C1. The third-order valence-corrected chi connectivity index (χ3v) is 9.20. The predicted molar refractivity (Wildman–Crippen MR) is 170 cm³/mol. The number of carbonyl (C=O) groups is 1. The lowest BCUT2D eigenvalue weighted by molar-refractivity contribution is -0.0372. The molecule has 228 valence electrons. The van der Waals surface area contributed by atoms with Crippen LogP contribution in [0.3, 0.4) is 0 Å². The van der Waals surface area contributed by atoms with Crippen LogP contribution in [0.25, 0.3) is 10.8 Å². The highest BCUT2D eigenvalue weighted by Gasteiger charge is 2.35. The van der Waals surface area contributed by atoms with Crippen molar-refractivity contribution in [3.8, 4) is 5.75 Å². The summed E-state index contributed by atoms with van der Waals surface area (Å²) in [4.78, 5) is 14.7. The van der Waals surface area contributed by atoms with Crippen LogP contribution < -0.4 is 4.74 Å². The van der Waals surface area contributed by atoms with Gasteiger partial charge in [0.05, 0.1) is 25.9 Å². The van der Waals surface area contributed by atoms with Gasteiger partial charge in [0, 0.05) is 38.1 Å². The highest BCUT2D eigenvalue weighted by molar-refractivity contribution is 6.76. The minimum Gasteiger partial charge on any atom is -0.467 e. The molecule has 2 unspecified atom stereocenters. The molecule has 1 amide bonds. The van der Waals surface area contributed by atoms with Gasteiger partial charge in [0.2, 0.25) is 0 Å². The zero-order valence-corrected chi connectivity index (χ0v) is 27.0. The Morgan fingerprint density at radius 2 is 1.76 bits per heavy atom. The molecule has 0 spiro atoms. The van der Waals surface area contributed by atoms with Crippen LogP contribution in [0.15, 0.2) is 60.7 Å². The van der Waals surface area contributed by atoms with Gasteiger partial charge in [0.1, 0.15) is 11.4 Å². The van der Waals surface area contributed by atoms with E-state index >= 15 is 0 Å². The average molecular weight is 594 g/mol. The summed E-state index contributed by atoms with van der Waals surface area (Å²) < 4.78 is 24.5. The standard InChI is InChI=1S/C34H47NO6Si/c1-34(2,3)41-33(37)35-18-17-29(27-13-11-25(22-36)12-14-27)31(21-35)39-23-28-16-15-26-9-7-8-10-30(26)32(28)40-24-38-19-20-42(4,5)6/h7-16,29,31,36H,17-24H2,1-6H3. The molecule has 7 nitrogen and oxygen atoms in total. The minimum absolute atomic E-state index is 0.00386. The van der Waals surface area contributed by atoms with E-state index < -0.39 is 13.7 Å². The monoisotopic (exact) mass is 593 g/mol. The molecule has 0 saturated carbocycles. The first kappa shape index (κ1) is 32.0. The van der Waals surface area contributed by atoms with Gasteiger partial charge in [-0.15, -0.1) is 0 Å². The number of aliphatic hydroxyl groups is 1. The molecular formula is C34H47NO6Si. The number of nitrogens with zero attached hydrogens (tertiary/aromatic N) is 1. The predicted octanol–water partition coefficient (Wildman–Crippen LogP) is 7.33. The first-order valence-electron chi connectivity index (χ1n) is 14.9. The number of hydrogen-bond acceptors (Lipinski definition) is 6. The second-order valence-corrected chi connectivity index (χ2v) is 18.9. The van der Waals surface area contributed by atoms with Crippen LogP contribution in [-0.4, -0.2) is 62.4 Å². The van der Waals surface area contributed by atoms with E-state index in [4.69, 9.17) is 18.9 Å². The zero-order chi connectivity index (χ0) is 30.3. The number of fused-ring (bicyclic) bond motifs is 1. The van der Waals surface area contributed by atoms with Gasteiger partial charge in [-0.05, 0) is 49.7 Å². The van der Waals surface area contributed by atoms with Gasteiger partial charge >= 0.3 is 6.09 Å². The van der Waals surface area contributed by atoms with Crippen molar-refractivity contribution < 1.29 is 28.8 Å². The first-order valence-corrected chi connectivity index (χ1v) is 18.6. The maximum atomic E-state index is 13.0. The Labute approximate surface area is 251 Å². The van der Waals surface area contributed by atoms with Crippen molar-refractivity contribution >= 4 is 24.9 Å². The van der Waals surface area contributed by atoms with Gasteiger partial charge in [-0.25, -0.2) is 4.79 Å². The fourth-order valence-electron chi connectivity index (χ4n) is 5.14. The number of piperidine rings is 1. The summed E-state index contributed by atoms with van der Waals surface area (Å²) in [5.74, 6) is 0.857. The summed E-state index contributed by atoms with van der Waals surface area (Å²) in [7, 11) is -1.19. The van der Waals surface area contributed by atoms with Gasteiger partial charge in [-0.3, -0.25) is 0 Å². The molecule has 1 fully saturated rings.